The summed E-state index contributed by atoms with van der Waals surface area (Å²) in [6.45, 7) is 2.38. The minimum atomic E-state index is -0.377. The Morgan fingerprint density at radius 2 is 1.86 bits per heavy atom. The number of phenols is 1. The molecule has 110 valence electrons. The molecule has 0 aliphatic rings. The van der Waals surface area contributed by atoms with Crippen molar-refractivity contribution >= 4 is 5.69 Å². The third kappa shape index (κ3) is 3.58. The number of rotatable bonds is 6. The zero-order valence-corrected chi connectivity index (χ0v) is 11.8. The van der Waals surface area contributed by atoms with Crippen LogP contribution in [0, 0.1) is 10.1 Å². The molecule has 2 rings (SSSR count). The van der Waals surface area contributed by atoms with E-state index in [0.717, 1.165) is 12.0 Å². The highest BCUT2D eigenvalue weighted by Crippen LogP contribution is 2.27. The third-order valence-corrected chi connectivity index (χ3v) is 3.45. The molecule has 2 aromatic rings. The molecule has 0 aliphatic carbocycles. The van der Waals surface area contributed by atoms with Gasteiger partial charge in [0.2, 0.25) is 0 Å². The van der Waals surface area contributed by atoms with Crippen molar-refractivity contribution in [1.29, 1.82) is 0 Å². The molecule has 0 amide bonds. The van der Waals surface area contributed by atoms with Gasteiger partial charge in [-0.05, 0) is 12.5 Å². The molecule has 0 saturated heterocycles. The van der Waals surface area contributed by atoms with Crippen molar-refractivity contribution in [3.05, 3.63) is 69.8 Å². The Balaban J connectivity index is 2.15. The highest BCUT2D eigenvalue weighted by Gasteiger charge is 2.16. The number of nitro benzene ring substituents is 1. The molecule has 0 radical (unpaired) electrons. The number of para-hydroxylation sites is 2. The standard InChI is InChI=1S/C16H18N2O3/c1-2-14(13-8-4-6-10-16(13)19)17-11-12-7-3-5-9-15(12)18(20)21/h3-10,14,17,19H,2,11H2,1H3. The van der Waals surface area contributed by atoms with Gasteiger partial charge in [-0.2, -0.15) is 0 Å². The lowest BCUT2D eigenvalue weighted by Gasteiger charge is -2.18. The molecule has 0 saturated carbocycles. The van der Waals surface area contributed by atoms with Crippen LogP contribution < -0.4 is 5.32 Å². The summed E-state index contributed by atoms with van der Waals surface area (Å²) in [4.78, 5) is 10.6. The Labute approximate surface area is 123 Å². The average molecular weight is 286 g/mol. The van der Waals surface area contributed by atoms with Gasteiger partial charge < -0.3 is 10.4 Å². The zero-order valence-electron chi connectivity index (χ0n) is 11.8. The lowest BCUT2D eigenvalue weighted by atomic mass is 10.0. The lowest BCUT2D eigenvalue weighted by molar-refractivity contribution is -0.385. The second-order valence-electron chi connectivity index (χ2n) is 4.79. The minimum Gasteiger partial charge on any atom is -0.508 e. The number of hydrogen-bond donors (Lipinski definition) is 2. The fourth-order valence-corrected chi connectivity index (χ4v) is 2.33. The van der Waals surface area contributed by atoms with E-state index < -0.39 is 0 Å². The summed E-state index contributed by atoms with van der Waals surface area (Å²) in [5.74, 6) is 0.236. The van der Waals surface area contributed by atoms with Gasteiger partial charge in [-0.3, -0.25) is 10.1 Å². The first kappa shape index (κ1) is 15.0. The van der Waals surface area contributed by atoms with E-state index >= 15 is 0 Å². The molecule has 0 bridgehead atoms. The Kier molecular flexibility index (Phi) is 4.90. The molecule has 0 fully saturated rings. The monoisotopic (exact) mass is 286 g/mol. The first-order chi connectivity index (χ1) is 10.1. The van der Waals surface area contributed by atoms with Crippen LogP contribution in [-0.4, -0.2) is 10.0 Å². The largest absolute Gasteiger partial charge is 0.508 e. The summed E-state index contributed by atoms with van der Waals surface area (Å²) in [5.41, 5.74) is 1.55. The smallest absolute Gasteiger partial charge is 0.273 e. The molecule has 0 aliphatic heterocycles. The number of aromatic hydroxyl groups is 1. The van der Waals surface area contributed by atoms with Gasteiger partial charge in [0.25, 0.3) is 5.69 Å². The van der Waals surface area contributed by atoms with Gasteiger partial charge in [-0.15, -0.1) is 0 Å². The van der Waals surface area contributed by atoms with Crippen molar-refractivity contribution < 1.29 is 10.0 Å². The van der Waals surface area contributed by atoms with Crippen LogP contribution in [0.25, 0.3) is 0 Å². The molecule has 5 heteroatoms. The van der Waals surface area contributed by atoms with Crippen LogP contribution in [-0.2, 0) is 6.54 Å². The second kappa shape index (κ2) is 6.85. The first-order valence-corrected chi connectivity index (χ1v) is 6.87. The number of benzene rings is 2. The summed E-state index contributed by atoms with van der Waals surface area (Å²) in [6, 6.07) is 13.8. The van der Waals surface area contributed by atoms with E-state index in [2.05, 4.69) is 5.32 Å². The van der Waals surface area contributed by atoms with Crippen LogP contribution in [0.3, 0.4) is 0 Å². The van der Waals surface area contributed by atoms with Crippen LogP contribution in [0.15, 0.2) is 48.5 Å². The predicted molar refractivity (Wildman–Crippen MR) is 81.1 cm³/mol. The van der Waals surface area contributed by atoms with E-state index in [0.29, 0.717) is 12.1 Å². The molecule has 0 aromatic heterocycles. The fraction of sp³-hybridized carbons (Fsp3) is 0.250. The minimum absolute atomic E-state index is 0.0500. The molecular formula is C16H18N2O3. The van der Waals surface area contributed by atoms with E-state index in [1.54, 1.807) is 30.3 Å². The Morgan fingerprint density at radius 3 is 2.52 bits per heavy atom. The van der Waals surface area contributed by atoms with Gasteiger partial charge in [-0.25, -0.2) is 0 Å². The predicted octanol–water partition coefficient (Wildman–Crippen LogP) is 3.54. The summed E-state index contributed by atoms with van der Waals surface area (Å²) < 4.78 is 0. The Hall–Kier alpha value is -2.40. The van der Waals surface area contributed by atoms with Crippen molar-refractivity contribution in [2.75, 3.05) is 0 Å². The topological polar surface area (TPSA) is 75.4 Å². The van der Waals surface area contributed by atoms with Crippen LogP contribution in [0.4, 0.5) is 5.69 Å². The molecule has 5 nitrogen and oxygen atoms in total. The first-order valence-electron chi connectivity index (χ1n) is 6.87. The average Bonchev–Trinajstić information content (AvgIpc) is 2.49. The number of nitro groups is 1. The van der Waals surface area contributed by atoms with Gasteiger partial charge in [0, 0.05) is 29.8 Å². The van der Waals surface area contributed by atoms with Crippen molar-refractivity contribution in [2.45, 2.75) is 25.9 Å². The van der Waals surface area contributed by atoms with Crippen molar-refractivity contribution in [1.82, 2.24) is 5.32 Å². The maximum atomic E-state index is 11.0. The number of nitrogens with one attached hydrogen (secondary N) is 1. The summed E-state index contributed by atoms with van der Waals surface area (Å²) in [5, 5.41) is 24.2. The van der Waals surface area contributed by atoms with Crippen LogP contribution in [0.2, 0.25) is 0 Å². The SMILES string of the molecule is CCC(NCc1ccccc1[N+](=O)[O-])c1ccccc1O. The summed E-state index contributed by atoms with van der Waals surface area (Å²) >= 11 is 0. The van der Waals surface area contributed by atoms with Gasteiger partial charge in [0.15, 0.2) is 0 Å². The van der Waals surface area contributed by atoms with Crippen LogP contribution in [0.5, 0.6) is 5.75 Å². The number of nitrogens with zero attached hydrogens (tertiary/aromatic N) is 1. The lowest BCUT2D eigenvalue weighted by Crippen LogP contribution is -2.20. The van der Waals surface area contributed by atoms with E-state index in [4.69, 9.17) is 0 Å². The maximum absolute atomic E-state index is 11.0. The molecule has 0 heterocycles. The summed E-state index contributed by atoms with van der Waals surface area (Å²) in [7, 11) is 0. The van der Waals surface area contributed by atoms with Crippen LogP contribution in [0.1, 0.15) is 30.5 Å². The number of hydrogen-bond acceptors (Lipinski definition) is 4. The second-order valence-corrected chi connectivity index (χ2v) is 4.79. The number of phenolic OH excluding ortho intramolecular Hbond substituents is 1. The Morgan fingerprint density at radius 1 is 1.19 bits per heavy atom. The quantitative estimate of drug-likeness (QED) is 0.629. The molecule has 0 spiro atoms. The van der Waals surface area contributed by atoms with Crippen molar-refractivity contribution in [2.24, 2.45) is 0 Å². The van der Waals surface area contributed by atoms with Crippen molar-refractivity contribution in [3.63, 3.8) is 0 Å². The molecule has 2 N–H and O–H groups in total. The molecule has 2 aromatic carbocycles. The third-order valence-electron chi connectivity index (χ3n) is 3.45. The van der Waals surface area contributed by atoms with Gasteiger partial charge >= 0.3 is 0 Å². The van der Waals surface area contributed by atoms with Crippen molar-refractivity contribution in [3.8, 4) is 5.75 Å². The molecular weight excluding hydrogens is 268 g/mol. The molecule has 21 heavy (non-hydrogen) atoms. The van der Waals surface area contributed by atoms with E-state index in [1.807, 2.05) is 19.1 Å². The highest BCUT2D eigenvalue weighted by atomic mass is 16.6. The Bertz CT molecular complexity index is 628. The maximum Gasteiger partial charge on any atom is 0.273 e. The van der Waals surface area contributed by atoms with Crippen LogP contribution >= 0.6 is 0 Å². The summed E-state index contributed by atoms with van der Waals surface area (Å²) in [6.07, 6.45) is 0.776. The van der Waals surface area contributed by atoms with E-state index in [9.17, 15) is 15.2 Å². The fourth-order valence-electron chi connectivity index (χ4n) is 2.33. The molecule has 1 atom stereocenters. The van der Waals surface area contributed by atoms with Gasteiger partial charge in [0.05, 0.1) is 4.92 Å². The van der Waals surface area contributed by atoms with E-state index in [-0.39, 0.29) is 22.4 Å². The van der Waals surface area contributed by atoms with Gasteiger partial charge in [0.1, 0.15) is 5.75 Å². The highest BCUT2D eigenvalue weighted by molar-refractivity contribution is 5.40. The van der Waals surface area contributed by atoms with Gasteiger partial charge in [-0.1, -0.05) is 43.3 Å². The zero-order chi connectivity index (χ0) is 15.2. The molecule has 1 unspecified atom stereocenters. The normalized spacial score (nSPS) is 12.0. The van der Waals surface area contributed by atoms with E-state index in [1.165, 1.54) is 6.07 Å².